The molecule has 0 aromatic heterocycles. The van der Waals surface area contributed by atoms with E-state index >= 15 is 0 Å². The molecule has 0 atom stereocenters. The Morgan fingerprint density at radius 3 is 2.54 bits per heavy atom. The quantitative estimate of drug-likeness (QED) is 0.788. The first kappa shape index (κ1) is 10.4. The van der Waals surface area contributed by atoms with Crippen molar-refractivity contribution in [3.63, 3.8) is 0 Å². The maximum atomic E-state index is 12.9. The molecule has 0 fully saturated rings. The van der Waals surface area contributed by atoms with E-state index in [4.69, 9.17) is 11.6 Å². The Kier molecular flexibility index (Phi) is 3.24. The summed E-state index contributed by atoms with van der Waals surface area (Å²) in [6.07, 6.45) is 0. The number of rotatable bonds is 3. The first-order valence-corrected chi connectivity index (χ1v) is 5.18. The topological polar surface area (TPSA) is 46.2 Å². The van der Waals surface area contributed by atoms with Crippen molar-refractivity contribution in [3.05, 3.63) is 36.1 Å². The maximum Gasteiger partial charge on any atom is 0.244 e. The molecule has 0 aliphatic rings. The third-order valence-electron chi connectivity index (χ3n) is 1.33. The van der Waals surface area contributed by atoms with Gasteiger partial charge in [-0.25, -0.2) is 12.8 Å². The molecule has 0 aliphatic heterocycles. The molecular weight excluding hydrogens is 217 g/mol. The van der Waals surface area contributed by atoms with Gasteiger partial charge in [-0.1, -0.05) is 12.1 Å². The number of halogens is 2. The minimum atomic E-state index is -3.85. The Hall–Kier alpha value is -0.650. The number of hydrogen-bond donors (Lipinski definition) is 1. The summed E-state index contributed by atoms with van der Waals surface area (Å²) in [7, 11) is -3.85. The molecule has 71 valence electrons. The van der Waals surface area contributed by atoms with E-state index in [2.05, 4.69) is 0 Å². The number of sulfonamides is 1. The molecule has 0 saturated carbocycles. The summed E-state index contributed by atoms with van der Waals surface area (Å²) in [5.41, 5.74) is 0. The molecule has 1 aromatic carbocycles. The van der Waals surface area contributed by atoms with Gasteiger partial charge in [-0.05, 0) is 12.1 Å². The van der Waals surface area contributed by atoms with Gasteiger partial charge in [0.15, 0.2) is 0 Å². The SMILES string of the molecule is O=S(=O)(N[CH]Cl)c1ccccc1F. The predicted octanol–water partition coefficient (Wildman–Crippen LogP) is 1.46. The zero-order valence-electron chi connectivity index (χ0n) is 6.37. The molecule has 1 rings (SSSR count). The summed E-state index contributed by atoms with van der Waals surface area (Å²) < 4.78 is 37.2. The van der Waals surface area contributed by atoms with E-state index in [1.165, 1.54) is 12.1 Å². The van der Waals surface area contributed by atoms with Gasteiger partial charge in [0.1, 0.15) is 16.7 Å². The van der Waals surface area contributed by atoms with Crippen LogP contribution in [0.2, 0.25) is 0 Å². The summed E-state index contributed by atoms with van der Waals surface area (Å²) in [5, 5.41) is 0. The summed E-state index contributed by atoms with van der Waals surface area (Å²) >= 11 is 5.05. The molecule has 0 bridgehead atoms. The third-order valence-corrected chi connectivity index (χ3v) is 2.90. The van der Waals surface area contributed by atoms with Gasteiger partial charge in [0.25, 0.3) is 0 Å². The number of benzene rings is 1. The van der Waals surface area contributed by atoms with Crippen molar-refractivity contribution in [3.8, 4) is 0 Å². The molecule has 1 aromatic rings. The van der Waals surface area contributed by atoms with Gasteiger partial charge in [0, 0.05) is 0 Å². The molecule has 6 heteroatoms. The van der Waals surface area contributed by atoms with Crippen molar-refractivity contribution in [2.24, 2.45) is 0 Å². The largest absolute Gasteiger partial charge is 0.244 e. The zero-order valence-corrected chi connectivity index (χ0v) is 7.94. The Morgan fingerprint density at radius 1 is 1.38 bits per heavy atom. The van der Waals surface area contributed by atoms with Crippen LogP contribution in [0.1, 0.15) is 0 Å². The summed E-state index contributed by atoms with van der Waals surface area (Å²) in [6.45, 7) is 0. The van der Waals surface area contributed by atoms with Gasteiger partial charge in [-0.15, -0.1) is 11.6 Å². The average molecular weight is 223 g/mol. The van der Waals surface area contributed by atoms with E-state index in [1.54, 1.807) is 0 Å². The second-order valence-electron chi connectivity index (χ2n) is 2.16. The van der Waals surface area contributed by atoms with Crippen LogP contribution in [0.15, 0.2) is 29.2 Å². The van der Waals surface area contributed by atoms with Gasteiger partial charge in [0.05, 0.1) is 0 Å². The molecule has 1 radical (unpaired) electrons. The van der Waals surface area contributed by atoms with Crippen molar-refractivity contribution in [2.45, 2.75) is 4.90 Å². The van der Waals surface area contributed by atoms with Crippen LogP contribution in [0.25, 0.3) is 0 Å². The van der Waals surface area contributed by atoms with Gasteiger partial charge in [-0.2, -0.15) is 4.72 Å². The molecule has 0 unspecified atom stereocenters. The van der Waals surface area contributed by atoms with Crippen molar-refractivity contribution in [2.75, 3.05) is 0 Å². The number of nitrogens with one attached hydrogen (secondary N) is 1. The standard InChI is InChI=1S/C7H6ClFNO2S/c8-5-10-13(11,12)7-4-2-1-3-6(7)9/h1-5,10H. The highest BCUT2D eigenvalue weighted by atomic mass is 35.5. The Balaban J connectivity index is 3.15. The molecule has 3 nitrogen and oxygen atoms in total. The monoisotopic (exact) mass is 222 g/mol. The van der Waals surface area contributed by atoms with Crippen molar-refractivity contribution >= 4 is 21.6 Å². The van der Waals surface area contributed by atoms with E-state index in [1.807, 2.05) is 4.72 Å². The minimum absolute atomic E-state index is 0.424. The lowest BCUT2D eigenvalue weighted by molar-refractivity contribution is 0.562. The highest BCUT2D eigenvalue weighted by molar-refractivity contribution is 7.89. The van der Waals surface area contributed by atoms with Gasteiger partial charge in [0.2, 0.25) is 10.0 Å². The fourth-order valence-corrected chi connectivity index (χ4v) is 1.96. The van der Waals surface area contributed by atoms with E-state index in [0.717, 1.165) is 12.1 Å². The molecule has 0 aliphatic carbocycles. The molecule has 1 N–H and O–H groups in total. The van der Waals surface area contributed by atoms with E-state index in [0.29, 0.717) is 6.00 Å². The second-order valence-corrected chi connectivity index (χ2v) is 4.06. The lowest BCUT2D eigenvalue weighted by Gasteiger charge is -2.03. The molecule has 0 heterocycles. The van der Waals surface area contributed by atoms with E-state index < -0.39 is 20.7 Å². The highest BCUT2D eigenvalue weighted by Crippen LogP contribution is 2.13. The first-order chi connectivity index (χ1) is 6.08. The van der Waals surface area contributed by atoms with Crippen LogP contribution in [0.4, 0.5) is 4.39 Å². The van der Waals surface area contributed by atoms with E-state index in [9.17, 15) is 12.8 Å². The van der Waals surface area contributed by atoms with Crippen LogP contribution in [0, 0.1) is 11.8 Å². The summed E-state index contributed by atoms with van der Waals surface area (Å²) in [6, 6.07) is 5.74. The molecule has 0 amide bonds. The van der Waals surface area contributed by atoms with Crippen LogP contribution in [-0.2, 0) is 10.0 Å². The first-order valence-electron chi connectivity index (χ1n) is 3.26. The van der Waals surface area contributed by atoms with Gasteiger partial charge < -0.3 is 0 Å². The second kappa shape index (κ2) is 4.04. The molecule has 0 saturated heterocycles. The molecule has 13 heavy (non-hydrogen) atoms. The minimum Gasteiger partial charge on any atom is -0.207 e. The normalized spacial score (nSPS) is 11.5. The van der Waals surface area contributed by atoms with Crippen LogP contribution < -0.4 is 4.72 Å². The zero-order chi connectivity index (χ0) is 9.90. The Labute approximate surface area is 80.6 Å². The smallest absolute Gasteiger partial charge is 0.207 e. The fraction of sp³-hybridized carbons (Fsp3) is 0. The van der Waals surface area contributed by atoms with Gasteiger partial charge >= 0.3 is 0 Å². The number of hydrogen-bond acceptors (Lipinski definition) is 2. The fourth-order valence-electron chi connectivity index (χ4n) is 0.785. The summed E-state index contributed by atoms with van der Waals surface area (Å²) in [4.78, 5) is -0.424. The Morgan fingerprint density at radius 2 is 2.00 bits per heavy atom. The predicted molar refractivity (Wildman–Crippen MR) is 46.9 cm³/mol. The van der Waals surface area contributed by atoms with Crippen molar-refractivity contribution in [1.29, 1.82) is 0 Å². The van der Waals surface area contributed by atoms with Crippen LogP contribution >= 0.6 is 11.6 Å². The lowest BCUT2D eigenvalue weighted by atomic mass is 10.4. The maximum absolute atomic E-state index is 12.9. The average Bonchev–Trinajstić information content (AvgIpc) is 2.04. The Bertz CT molecular complexity index is 393. The molecule has 0 spiro atoms. The van der Waals surface area contributed by atoms with E-state index in [-0.39, 0.29) is 0 Å². The van der Waals surface area contributed by atoms with Crippen LogP contribution in [0.3, 0.4) is 0 Å². The molecular formula is C7H6ClFNO2S. The van der Waals surface area contributed by atoms with Crippen LogP contribution in [-0.4, -0.2) is 8.42 Å². The highest BCUT2D eigenvalue weighted by Gasteiger charge is 2.16. The summed E-state index contributed by atoms with van der Waals surface area (Å²) in [5.74, 6) is -0.812. The van der Waals surface area contributed by atoms with Crippen LogP contribution in [0.5, 0.6) is 0 Å². The van der Waals surface area contributed by atoms with Crippen molar-refractivity contribution < 1.29 is 12.8 Å². The lowest BCUT2D eigenvalue weighted by Crippen LogP contribution is -2.20. The van der Waals surface area contributed by atoms with Gasteiger partial charge in [-0.3, -0.25) is 0 Å². The van der Waals surface area contributed by atoms with Crippen molar-refractivity contribution in [1.82, 2.24) is 4.72 Å². The third kappa shape index (κ3) is 2.40.